The van der Waals surface area contributed by atoms with Crippen LogP contribution in [0.1, 0.15) is 37.0 Å². The van der Waals surface area contributed by atoms with E-state index in [0.29, 0.717) is 12.5 Å². The van der Waals surface area contributed by atoms with E-state index in [4.69, 9.17) is 0 Å². The van der Waals surface area contributed by atoms with Crippen LogP contribution in [0, 0.1) is 0 Å². The Hall–Kier alpha value is -0.840. The lowest BCUT2D eigenvalue weighted by molar-refractivity contribution is 0.191. The molecule has 0 aliphatic rings. The average Bonchev–Trinajstić information content (AvgIpc) is 2.46. The van der Waals surface area contributed by atoms with Crippen molar-refractivity contribution in [2.75, 3.05) is 11.9 Å². The van der Waals surface area contributed by atoms with Crippen LogP contribution in [-0.2, 0) is 0 Å². The Morgan fingerprint density at radius 3 is 2.00 bits per heavy atom. The Bertz CT molecular complexity index is 576. The van der Waals surface area contributed by atoms with Gasteiger partial charge in [-0.2, -0.15) is 0 Å². The summed E-state index contributed by atoms with van der Waals surface area (Å²) in [5.74, 6) is 0.505. The highest BCUT2D eigenvalue weighted by atomic mass is 79.9. The van der Waals surface area contributed by atoms with Gasteiger partial charge >= 0.3 is 0 Å². The summed E-state index contributed by atoms with van der Waals surface area (Å²) in [4.78, 5) is 0. The normalized spacial score (nSPS) is 12.5. The quantitative estimate of drug-likeness (QED) is 0.681. The van der Waals surface area contributed by atoms with Crippen LogP contribution in [0.25, 0.3) is 0 Å². The minimum Gasteiger partial charge on any atom is -0.387 e. The van der Waals surface area contributed by atoms with E-state index < -0.39 is 6.10 Å². The van der Waals surface area contributed by atoms with Gasteiger partial charge in [0.15, 0.2) is 0 Å². The number of para-hydroxylation sites is 1. The van der Waals surface area contributed by atoms with Crippen LogP contribution in [0.5, 0.6) is 0 Å². The second-order valence-electron chi connectivity index (χ2n) is 5.31. The zero-order valence-electron chi connectivity index (χ0n) is 12.1. The van der Waals surface area contributed by atoms with Crippen LogP contribution in [0.15, 0.2) is 51.4 Å². The fourth-order valence-corrected chi connectivity index (χ4v) is 3.37. The fraction of sp³-hybridized carbons (Fsp3) is 0.294. The lowest BCUT2D eigenvalue weighted by atomic mass is 10.00. The van der Waals surface area contributed by atoms with Gasteiger partial charge in [0.1, 0.15) is 0 Å². The molecule has 0 heterocycles. The molecule has 21 heavy (non-hydrogen) atoms. The molecule has 4 heteroatoms. The molecule has 0 aliphatic carbocycles. The van der Waals surface area contributed by atoms with E-state index in [2.05, 4.69) is 63.2 Å². The van der Waals surface area contributed by atoms with Gasteiger partial charge in [-0.1, -0.05) is 44.2 Å². The predicted molar refractivity (Wildman–Crippen MR) is 95.8 cm³/mol. The molecule has 0 fully saturated rings. The van der Waals surface area contributed by atoms with Crippen molar-refractivity contribution in [2.45, 2.75) is 25.9 Å². The van der Waals surface area contributed by atoms with Crippen LogP contribution in [0.2, 0.25) is 0 Å². The van der Waals surface area contributed by atoms with Gasteiger partial charge in [-0.15, -0.1) is 0 Å². The number of halogens is 2. The van der Waals surface area contributed by atoms with Crippen LogP contribution >= 0.6 is 31.9 Å². The van der Waals surface area contributed by atoms with E-state index in [1.54, 1.807) is 0 Å². The van der Waals surface area contributed by atoms with E-state index in [1.165, 1.54) is 5.56 Å². The number of hydrogen-bond donors (Lipinski definition) is 2. The maximum absolute atomic E-state index is 10.3. The molecule has 2 N–H and O–H groups in total. The summed E-state index contributed by atoms with van der Waals surface area (Å²) in [6, 6.07) is 14.1. The molecule has 0 spiro atoms. The third-order valence-corrected chi connectivity index (χ3v) is 4.74. The van der Waals surface area contributed by atoms with Gasteiger partial charge in [0.05, 0.1) is 11.8 Å². The van der Waals surface area contributed by atoms with Crippen LogP contribution in [0.3, 0.4) is 0 Å². The first kappa shape index (κ1) is 16.5. The first-order valence-corrected chi connectivity index (χ1v) is 8.53. The highest BCUT2D eigenvalue weighted by molar-refractivity contribution is 9.11. The van der Waals surface area contributed by atoms with Gasteiger partial charge in [-0.3, -0.25) is 0 Å². The van der Waals surface area contributed by atoms with Crippen LogP contribution in [-0.4, -0.2) is 11.7 Å². The molecule has 2 nitrogen and oxygen atoms in total. The number of aliphatic hydroxyl groups is 1. The van der Waals surface area contributed by atoms with E-state index >= 15 is 0 Å². The number of hydrogen-bond acceptors (Lipinski definition) is 2. The van der Waals surface area contributed by atoms with E-state index in [1.807, 2.05) is 30.3 Å². The summed E-state index contributed by atoms with van der Waals surface area (Å²) in [5, 5.41) is 13.6. The number of aliphatic hydroxyl groups excluding tert-OH is 1. The Morgan fingerprint density at radius 2 is 1.48 bits per heavy atom. The van der Waals surface area contributed by atoms with Gasteiger partial charge < -0.3 is 10.4 Å². The lowest BCUT2D eigenvalue weighted by Crippen LogP contribution is -2.12. The van der Waals surface area contributed by atoms with Crippen molar-refractivity contribution in [3.05, 3.63) is 62.5 Å². The molecule has 0 aromatic heterocycles. The standard InChI is InChI=1S/C17H19Br2NO/c1-11(2)12-6-8-13(9-7-12)16(21)10-20-17-14(18)4-3-5-15(17)19/h3-9,11,16,20-21H,10H2,1-2H3. The minimum absolute atomic E-state index is 0.461. The number of anilines is 1. The van der Waals surface area contributed by atoms with Crippen molar-refractivity contribution in [2.24, 2.45) is 0 Å². The van der Waals surface area contributed by atoms with Crippen molar-refractivity contribution in [3.8, 4) is 0 Å². The summed E-state index contributed by atoms with van der Waals surface area (Å²) in [6.45, 7) is 4.79. The monoisotopic (exact) mass is 411 g/mol. The first-order chi connectivity index (χ1) is 9.99. The van der Waals surface area contributed by atoms with Crippen molar-refractivity contribution in [1.82, 2.24) is 0 Å². The Labute approximate surface area is 142 Å². The molecule has 112 valence electrons. The molecule has 0 saturated carbocycles. The van der Waals surface area contributed by atoms with Gasteiger partial charge in [-0.25, -0.2) is 0 Å². The van der Waals surface area contributed by atoms with Crippen molar-refractivity contribution in [1.29, 1.82) is 0 Å². The summed E-state index contributed by atoms with van der Waals surface area (Å²) < 4.78 is 1.94. The second kappa shape index (κ2) is 7.43. The highest BCUT2D eigenvalue weighted by Gasteiger charge is 2.10. The van der Waals surface area contributed by atoms with E-state index in [0.717, 1.165) is 20.2 Å². The minimum atomic E-state index is -0.537. The third-order valence-electron chi connectivity index (χ3n) is 3.42. The largest absolute Gasteiger partial charge is 0.387 e. The molecular weight excluding hydrogens is 394 g/mol. The summed E-state index contributed by atoms with van der Waals surface area (Å²) in [6.07, 6.45) is -0.537. The summed E-state index contributed by atoms with van der Waals surface area (Å²) >= 11 is 7.01. The Kier molecular flexibility index (Phi) is 5.85. The van der Waals surface area contributed by atoms with Crippen LogP contribution in [0.4, 0.5) is 5.69 Å². The van der Waals surface area contributed by atoms with Gasteiger partial charge in [0, 0.05) is 15.5 Å². The summed E-state index contributed by atoms with van der Waals surface area (Å²) in [5.41, 5.74) is 3.16. The molecule has 0 aliphatic heterocycles. The third kappa shape index (κ3) is 4.31. The molecule has 0 radical (unpaired) electrons. The average molecular weight is 413 g/mol. The molecule has 0 amide bonds. The predicted octanol–water partition coefficient (Wildman–Crippen LogP) is 5.48. The number of nitrogens with one attached hydrogen (secondary N) is 1. The molecular formula is C17H19Br2NO. The van der Waals surface area contributed by atoms with Crippen molar-refractivity contribution >= 4 is 37.5 Å². The smallest absolute Gasteiger partial charge is 0.0962 e. The number of benzene rings is 2. The number of rotatable bonds is 5. The topological polar surface area (TPSA) is 32.3 Å². The van der Waals surface area contributed by atoms with Crippen molar-refractivity contribution < 1.29 is 5.11 Å². The maximum Gasteiger partial charge on any atom is 0.0962 e. The zero-order valence-corrected chi connectivity index (χ0v) is 15.3. The van der Waals surface area contributed by atoms with Crippen molar-refractivity contribution in [3.63, 3.8) is 0 Å². The molecule has 2 rings (SSSR count). The SMILES string of the molecule is CC(C)c1ccc(C(O)CNc2c(Br)cccc2Br)cc1. The second-order valence-corrected chi connectivity index (χ2v) is 7.02. The first-order valence-electron chi connectivity index (χ1n) is 6.95. The van der Waals surface area contributed by atoms with E-state index in [-0.39, 0.29) is 0 Å². The molecule has 2 aromatic rings. The molecule has 0 saturated heterocycles. The van der Waals surface area contributed by atoms with Gasteiger partial charge in [0.2, 0.25) is 0 Å². The summed E-state index contributed by atoms with van der Waals surface area (Å²) in [7, 11) is 0. The molecule has 1 atom stereocenters. The zero-order chi connectivity index (χ0) is 15.4. The van der Waals surface area contributed by atoms with Gasteiger partial charge in [0.25, 0.3) is 0 Å². The van der Waals surface area contributed by atoms with Crippen LogP contribution < -0.4 is 5.32 Å². The highest BCUT2D eigenvalue weighted by Crippen LogP contribution is 2.31. The Morgan fingerprint density at radius 1 is 0.952 bits per heavy atom. The Balaban J connectivity index is 2.03. The molecule has 0 bridgehead atoms. The maximum atomic E-state index is 10.3. The molecule has 2 aromatic carbocycles. The lowest BCUT2D eigenvalue weighted by Gasteiger charge is -2.16. The van der Waals surface area contributed by atoms with Gasteiger partial charge in [-0.05, 0) is 61.0 Å². The molecule has 1 unspecified atom stereocenters. The van der Waals surface area contributed by atoms with E-state index in [9.17, 15) is 5.11 Å². The fourth-order valence-electron chi connectivity index (χ4n) is 2.09.